The predicted molar refractivity (Wildman–Crippen MR) is 45.4 cm³/mol. The Bertz CT molecular complexity index is 168. The Morgan fingerprint density at radius 3 is 2.00 bits per heavy atom. The van der Waals surface area contributed by atoms with E-state index in [1.807, 2.05) is 13.8 Å². The topological polar surface area (TPSA) is 12.0 Å². The molecule has 0 radical (unpaired) electrons. The lowest BCUT2D eigenvalue weighted by Gasteiger charge is -2.40. The fraction of sp³-hybridized carbons (Fsp3) is 1.00. The summed E-state index contributed by atoms with van der Waals surface area (Å²) in [5, 5.41) is 2.82. The van der Waals surface area contributed by atoms with Gasteiger partial charge in [-0.25, -0.2) is 8.78 Å². The first-order chi connectivity index (χ1) is 5.46. The van der Waals surface area contributed by atoms with E-state index in [0.717, 1.165) is 12.8 Å². The highest BCUT2D eigenvalue weighted by Gasteiger charge is 2.53. The third kappa shape index (κ3) is 1.15. The predicted octanol–water partition coefficient (Wildman–Crippen LogP) is 2.42. The Labute approximate surface area is 72.5 Å². The number of hydrogen-bond acceptors (Lipinski definition) is 1. The number of alkyl halides is 2. The van der Waals surface area contributed by atoms with Crippen LogP contribution in [0.2, 0.25) is 0 Å². The summed E-state index contributed by atoms with van der Waals surface area (Å²) < 4.78 is 25.7. The summed E-state index contributed by atoms with van der Waals surface area (Å²) in [7, 11) is 1.64. The van der Waals surface area contributed by atoms with Crippen LogP contribution in [0, 0.1) is 5.41 Å². The van der Waals surface area contributed by atoms with Crippen LogP contribution in [0.15, 0.2) is 0 Å². The molecule has 1 aliphatic rings. The lowest BCUT2D eigenvalue weighted by molar-refractivity contribution is -0.0204. The highest BCUT2D eigenvalue weighted by Crippen LogP contribution is 2.48. The molecule has 1 aliphatic carbocycles. The quantitative estimate of drug-likeness (QED) is 0.683. The van der Waals surface area contributed by atoms with Crippen LogP contribution in [0.5, 0.6) is 0 Å². The van der Waals surface area contributed by atoms with E-state index in [9.17, 15) is 8.78 Å². The molecule has 72 valence electrons. The highest BCUT2D eigenvalue weighted by molar-refractivity contribution is 5.05. The molecule has 1 fully saturated rings. The van der Waals surface area contributed by atoms with E-state index in [1.54, 1.807) is 7.05 Å². The Morgan fingerprint density at radius 2 is 1.83 bits per heavy atom. The van der Waals surface area contributed by atoms with Crippen molar-refractivity contribution in [2.24, 2.45) is 5.41 Å². The molecule has 3 heteroatoms. The first-order valence-electron chi connectivity index (χ1n) is 4.43. The second-order valence-corrected chi connectivity index (χ2v) is 4.26. The van der Waals surface area contributed by atoms with Gasteiger partial charge in [0.1, 0.15) is 0 Å². The van der Waals surface area contributed by atoms with Gasteiger partial charge in [-0.2, -0.15) is 0 Å². The van der Waals surface area contributed by atoms with Gasteiger partial charge in [0.05, 0.1) is 5.54 Å². The molecule has 1 N–H and O–H groups in total. The number of rotatable bonds is 2. The average molecular weight is 177 g/mol. The number of hydrogen-bond donors (Lipinski definition) is 1. The van der Waals surface area contributed by atoms with Crippen molar-refractivity contribution in [1.29, 1.82) is 0 Å². The van der Waals surface area contributed by atoms with Crippen molar-refractivity contribution in [2.45, 2.75) is 45.1 Å². The number of halogens is 2. The minimum atomic E-state index is -2.26. The minimum Gasteiger partial charge on any atom is -0.309 e. The molecule has 12 heavy (non-hydrogen) atoms. The summed E-state index contributed by atoms with van der Waals surface area (Å²) >= 11 is 0. The SMILES string of the molecule is CNC1(C(F)F)CCCC1(C)C. The van der Waals surface area contributed by atoms with Gasteiger partial charge in [0.15, 0.2) is 0 Å². The van der Waals surface area contributed by atoms with Crippen LogP contribution < -0.4 is 5.32 Å². The molecule has 0 aromatic rings. The fourth-order valence-corrected chi connectivity index (χ4v) is 2.35. The molecule has 0 bridgehead atoms. The molecular weight excluding hydrogens is 160 g/mol. The largest absolute Gasteiger partial charge is 0.309 e. The second kappa shape index (κ2) is 2.95. The smallest absolute Gasteiger partial charge is 0.256 e. The van der Waals surface area contributed by atoms with Crippen molar-refractivity contribution in [2.75, 3.05) is 7.05 Å². The molecule has 1 saturated carbocycles. The third-order valence-electron chi connectivity index (χ3n) is 3.40. The van der Waals surface area contributed by atoms with Crippen LogP contribution in [-0.4, -0.2) is 19.0 Å². The molecule has 0 aromatic carbocycles. The van der Waals surface area contributed by atoms with Crippen LogP contribution in [0.25, 0.3) is 0 Å². The third-order valence-corrected chi connectivity index (χ3v) is 3.40. The maximum Gasteiger partial charge on any atom is 0.256 e. The molecule has 0 heterocycles. The Balaban J connectivity index is 2.92. The zero-order valence-corrected chi connectivity index (χ0v) is 7.95. The molecule has 0 spiro atoms. The monoisotopic (exact) mass is 177 g/mol. The van der Waals surface area contributed by atoms with E-state index >= 15 is 0 Å². The van der Waals surface area contributed by atoms with Crippen molar-refractivity contribution in [3.8, 4) is 0 Å². The van der Waals surface area contributed by atoms with Gasteiger partial charge < -0.3 is 5.32 Å². The normalized spacial score (nSPS) is 34.5. The standard InChI is InChI=1S/C9H17F2N/c1-8(2)5-4-6-9(8,12-3)7(10)11/h7,12H,4-6H2,1-3H3. The first kappa shape index (κ1) is 9.90. The van der Waals surface area contributed by atoms with Gasteiger partial charge in [-0.05, 0) is 25.3 Å². The summed E-state index contributed by atoms with van der Waals surface area (Å²) in [6.45, 7) is 3.84. The summed E-state index contributed by atoms with van der Waals surface area (Å²) in [5.74, 6) is 0. The van der Waals surface area contributed by atoms with E-state index < -0.39 is 12.0 Å². The van der Waals surface area contributed by atoms with Crippen LogP contribution in [0.3, 0.4) is 0 Å². The number of nitrogens with one attached hydrogen (secondary N) is 1. The first-order valence-corrected chi connectivity index (χ1v) is 4.43. The summed E-state index contributed by atoms with van der Waals surface area (Å²) in [6, 6.07) is 0. The minimum absolute atomic E-state index is 0.282. The van der Waals surface area contributed by atoms with Crippen LogP contribution in [0.1, 0.15) is 33.1 Å². The van der Waals surface area contributed by atoms with Gasteiger partial charge >= 0.3 is 0 Å². The maximum atomic E-state index is 12.8. The van der Waals surface area contributed by atoms with Gasteiger partial charge in [-0.15, -0.1) is 0 Å². The van der Waals surface area contributed by atoms with E-state index in [4.69, 9.17) is 0 Å². The van der Waals surface area contributed by atoms with Crippen molar-refractivity contribution >= 4 is 0 Å². The maximum absolute atomic E-state index is 12.8. The molecule has 1 atom stereocenters. The van der Waals surface area contributed by atoms with Crippen molar-refractivity contribution in [3.05, 3.63) is 0 Å². The van der Waals surface area contributed by atoms with Crippen LogP contribution in [-0.2, 0) is 0 Å². The molecular formula is C9H17F2N. The van der Waals surface area contributed by atoms with E-state index in [2.05, 4.69) is 5.32 Å². The van der Waals surface area contributed by atoms with Gasteiger partial charge in [-0.3, -0.25) is 0 Å². The Morgan fingerprint density at radius 1 is 1.25 bits per heavy atom. The zero-order valence-electron chi connectivity index (χ0n) is 7.95. The molecule has 0 saturated heterocycles. The summed E-state index contributed by atoms with van der Waals surface area (Å²) in [5.41, 5.74) is -1.23. The van der Waals surface area contributed by atoms with Gasteiger partial charge in [0.2, 0.25) is 0 Å². The fourth-order valence-electron chi connectivity index (χ4n) is 2.35. The summed E-state index contributed by atoms with van der Waals surface area (Å²) in [4.78, 5) is 0. The zero-order chi connectivity index (χ0) is 9.41. The van der Waals surface area contributed by atoms with Crippen LogP contribution in [0.4, 0.5) is 8.78 Å². The Hall–Kier alpha value is -0.180. The van der Waals surface area contributed by atoms with Crippen molar-refractivity contribution in [1.82, 2.24) is 5.32 Å². The van der Waals surface area contributed by atoms with E-state index in [-0.39, 0.29) is 5.41 Å². The second-order valence-electron chi connectivity index (χ2n) is 4.26. The molecule has 1 rings (SSSR count). The van der Waals surface area contributed by atoms with Crippen molar-refractivity contribution in [3.63, 3.8) is 0 Å². The molecule has 1 nitrogen and oxygen atoms in total. The van der Waals surface area contributed by atoms with Gasteiger partial charge in [0.25, 0.3) is 6.43 Å². The molecule has 0 aliphatic heterocycles. The Kier molecular flexibility index (Phi) is 2.43. The van der Waals surface area contributed by atoms with Gasteiger partial charge in [0, 0.05) is 0 Å². The lowest BCUT2D eigenvalue weighted by atomic mass is 9.75. The van der Waals surface area contributed by atoms with E-state index in [1.165, 1.54) is 0 Å². The van der Waals surface area contributed by atoms with Crippen molar-refractivity contribution < 1.29 is 8.78 Å². The van der Waals surface area contributed by atoms with Crippen LogP contribution >= 0.6 is 0 Å². The van der Waals surface area contributed by atoms with Gasteiger partial charge in [-0.1, -0.05) is 20.3 Å². The lowest BCUT2D eigenvalue weighted by Crippen LogP contribution is -2.56. The summed E-state index contributed by atoms with van der Waals surface area (Å²) in [6.07, 6.45) is 0.116. The molecule has 1 unspecified atom stereocenters. The highest BCUT2D eigenvalue weighted by atomic mass is 19.3. The van der Waals surface area contributed by atoms with E-state index in [0.29, 0.717) is 6.42 Å². The average Bonchev–Trinajstić information content (AvgIpc) is 2.25. The molecule has 0 amide bonds. The molecule has 0 aromatic heterocycles.